The Morgan fingerprint density at radius 2 is 2.07 bits per heavy atom. The molecule has 0 aliphatic heterocycles. The van der Waals surface area contributed by atoms with Crippen LogP contribution < -0.4 is 4.74 Å². The monoisotopic (exact) mass is 375 g/mol. The molecule has 0 fully saturated rings. The summed E-state index contributed by atoms with van der Waals surface area (Å²) >= 11 is 0. The molecule has 4 aromatic rings. The fourth-order valence-electron chi connectivity index (χ4n) is 2.50. The van der Waals surface area contributed by atoms with Gasteiger partial charge in [-0.25, -0.2) is 4.39 Å². The van der Waals surface area contributed by atoms with Crippen molar-refractivity contribution in [1.82, 2.24) is 25.0 Å². The summed E-state index contributed by atoms with van der Waals surface area (Å²) in [7, 11) is 1.81. The minimum absolute atomic E-state index is 0.0543. The molecule has 0 saturated carbocycles. The quantitative estimate of drug-likeness (QED) is 0.530. The van der Waals surface area contributed by atoms with Crippen molar-refractivity contribution in [2.45, 2.75) is 13.0 Å². The van der Waals surface area contributed by atoms with Crippen molar-refractivity contribution in [1.29, 1.82) is 0 Å². The Balaban J connectivity index is 1.50. The molecule has 0 N–H and O–H groups in total. The van der Waals surface area contributed by atoms with Crippen molar-refractivity contribution < 1.29 is 22.3 Å². The number of fused-ring (bicyclic) bond motifs is 1. The van der Waals surface area contributed by atoms with Crippen molar-refractivity contribution in [3.05, 3.63) is 54.1 Å². The van der Waals surface area contributed by atoms with E-state index >= 15 is 0 Å². The predicted molar refractivity (Wildman–Crippen MR) is 87.5 cm³/mol. The normalized spacial score (nSPS) is 11.4. The van der Waals surface area contributed by atoms with E-state index in [2.05, 4.69) is 20.3 Å². The number of hydrogen-bond acceptors (Lipinski definition) is 6. The molecular weight excluding hydrogens is 363 g/mol. The summed E-state index contributed by atoms with van der Waals surface area (Å²) in [6.45, 7) is -0.107. The van der Waals surface area contributed by atoms with Crippen LogP contribution in [0.1, 0.15) is 18.0 Å². The minimum Gasteiger partial charge on any atom is -0.487 e. The maximum absolute atomic E-state index is 14.3. The number of benzene rings is 1. The van der Waals surface area contributed by atoms with Crippen LogP contribution in [0, 0.1) is 5.82 Å². The van der Waals surface area contributed by atoms with Crippen molar-refractivity contribution in [2.24, 2.45) is 7.05 Å². The van der Waals surface area contributed by atoms with E-state index in [9.17, 15) is 13.2 Å². The number of alkyl halides is 2. The fraction of sp³-hybridized carbons (Fsp3) is 0.176. The molecule has 138 valence electrons. The molecule has 0 amide bonds. The Kier molecular flexibility index (Phi) is 4.22. The molecular formula is C17H12F3N5O2. The summed E-state index contributed by atoms with van der Waals surface area (Å²) in [5, 5.41) is 11.8. The van der Waals surface area contributed by atoms with Gasteiger partial charge in [-0.3, -0.25) is 9.67 Å². The van der Waals surface area contributed by atoms with Crippen molar-refractivity contribution in [2.75, 3.05) is 0 Å². The molecule has 0 aliphatic carbocycles. The Labute approximate surface area is 150 Å². The van der Waals surface area contributed by atoms with Crippen molar-refractivity contribution in [3.63, 3.8) is 0 Å². The minimum atomic E-state index is -2.89. The molecule has 0 atom stereocenters. The van der Waals surface area contributed by atoms with E-state index < -0.39 is 18.1 Å². The maximum atomic E-state index is 14.3. The summed E-state index contributed by atoms with van der Waals surface area (Å²) in [4.78, 5) is 3.96. The van der Waals surface area contributed by atoms with Crippen molar-refractivity contribution in [3.8, 4) is 17.2 Å². The maximum Gasteiger partial charge on any atom is 0.314 e. The van der Waals surface area contributed by atoms with E-state index in [0.717, 1.165) is 17.0 Å². The van der Waals surface area contributed by atoms with Gasteiger partial charge in [0.25, 0.3) is 5.89 Å². The van der Waals surface area contributed by atoms with Crippen LogP contribution in [0.2, 0.25) is 0 Å². The van der Waals surface area contributed by atoms with Crippen LogP contribution in [-0.2, 0) is 13.7 Å². The van der Waals surface area contributed by atoms with E-state index in [0.29, 0.717) is 5.75 Å². The number of rotatable bonds is 5. The lowest BCUT2D eigenvalue weighted by Gasteiger charge is -2.07. The van der Waals surface area contributed by atoms with Gasteiger partial charge in [-0.05, 0) is 24.3 Å². The van der Waals surface area contributed by atoms with Gasteiger partial charge in [0.05, 0.1) is 11.1 Å². The lowest BCUT2D eigenvalue weighted by molar-refractivity contribution is 0.116. The fourth-order valence-corrected chi connectivity index (χ4v) is 2.50. The van der Waals surface area contributed by atoms with Gasteiger partial charge in [0.15, 0.2) is 0 Å². The van der Waals surface area contributed by atoms with Gasteiger partial charge >= 0.3 is 6.43 Å². The average molecular weight is 375 g/mol. The van der Waals surface area contributed by atoms with Crippen molar-refractivity contribution >= 4 is 10.9 Å². The van der Waals surface area contributed by atoms with E-state index in [-0.39, 0.29) is 23.8 Å². The molecule has 10 heteroatoms. The van der Waals surface area contributed by atoms with Crippen LogP contribution in [0.25, 0.3) is 22.4 Å². The van der Waals surface area contributed by atoms with Gasteiger partial charge in [0.2, 0.25) is 5.89 Å². The lowest BCUT2D eigenvalue weighted by Crippen LogP contribution is -2.02. The molecule has 0 aliphatic rings. The first-order valence-electron chi connectivity index (χ1n) is 7.82. The summed E-state index contributed by atoms with van der Waals surface area (Å²) in [6, 6.07) is 6.40. The molecule has 4 rings (SSSR count). The molecule has 0 unspecified atom stereocenters. The number of aryl methyl sites for hydroxylation is 1. The topological polar surface area (TPSA) is 78.9 Å². The second-order valence-electron chi connectivity index (χ2n) is 5.71. The summed E-state index contributed by atoms with van der Waals surface area (Å²) < 4.78 is 51.3. The molecule has 3 aromatic heterocycles. The van der Waals surface area contributed by atoms with Gasteiger partial charge in [-0.1, -0.05) is 0 Å². The number of ether oxygens (including phenoxy) is 1. The van der Waals surface area contributed by atoms with E-state index in [1.165, 1.54) is 6.20 Å². The zero-order chi connectivity index (χ0) is 19.0. The first-order valence-corrected chi connectivity index (χ1v) is 7.82. The van der Waals surface area contributed by atoms with Crippen LogP contribution in [0.4, 0.5) is 13.2 Å². The lowest BCUT2D eigenvalue weighted by atomic mass is 10.2. The first kappa shape index (κ1) is 17.0. The number of nitrogens with zero attached hydrogens (tertiary/aromatic N) is 5. The Morgan fingerprint density at radius 3 is 2.81 bits per heavy atom. The second-order valence-corrected chi connectivity index (χ2v) is 5.71. The predicted octanol–water partition coefficient (Wildman–Crippen LogP) is 3.67. The van der Waals surface area contributed by atoms with Crippen LogP contribution in [0.3, 0.4) is 0 Å². The molecule has 7 nitrogen and oxygen atoms in total. The Hall–Kier alpha value is -3.43. The third kappa shape index (κ3) is 3.46. The van der Waals surface area contributed by atoms with Gasteiger partial charge in [0.1, 0.15) is 23.9 Å². The molecule has 1 aromatic carbocycles. The summed E-state index contributed by atoms with van der Waals surface area (Å²) in [6.07, 6.45) is 0.205. The average Bonchev–Trinajstić information content (AvgIpc) is 3.26. The molecule has 3 heterocycles. The number of pyridine rings is 1. The molecule has 0 spiro atoms. The number of aromatic nitrogens is 5. The highest BCUT2D eigenvalue weighted by atomic mass is 19.3. The Bertz CT molecular complexity index is 1110. The van der Waals surface area contributed by atoms with E-state index in [4.69, 9.17) is 9.15 Å². The zero-order valence-corrected chi connectivity index (χ0v) is 13.9. The standard InChI is InChI=1S/C17H12F3N5O2/c1-25-7-10-4-11(2-3-13(10)24-25)26-8-14-12(18)5-9(6-21-14)16-22-23-17(27-16)15(19)20/h2-7,15H,8H2,1H3. The van der Waals surface area contributed by atoms with Crippen LogP contribution >= 0.6 is 0 Å². The highest BCUT2D eigenvalue weighted by molar-refractivity contribution is 5.79. The highest BCUT2D eigenvalue weighted by Gasteiger charge is 2.18. The SMILES string of the molecule is Cn1cc2cc(OCc3ncc(-c4nnc(C(F)F)o4)cc3F)ccc2n1. The molecule has 27 heavy (non-hydrogen) atoms. The second kappa shape index (κ2) is 6.71. The third-order valence-electron chi connectivity index (χ3n) is 3.76. The molecule has 0 radical (unpaired) electrons. The largest absolute Gasteiger partial charge is 0.487 e. The summed E-state index contributed by atoms with van der Waals surface area (Å²) in [5.74, 6) is -1.19. The van der Waals surface area contributed by atoms with Gasteiger partial charge in [-0.2, -0.15) is 13.9 Å². The number of hydrogen-bond donors (Lipinski definition) is 0. The van der Waals surface area contributed by atoms with Gasteiger partial charge in [0, 0.05) is 24.8 Å². The van der Waals surface area contributed by atoms with Gasteiger partial charge < -0.3 is 9.15 Å². The highest BCUT2D eigenvalue weighted by Crippen LogP contribution is 2.25. The van der Waals surface area contributed by atoms with Crippen LogP contribution in [0.5, 0.6) is 5.75 Å². The first-order chi connectivity index (χ1) is 13.0. The smallest absolute Gasteiger partial charge is 0.314 e. The summed E-state index contributed by atoms with van der Waals surface area (Å²) in [5.41, 5.74) is 0.979. The van der Waals surface area contributed by atoms with E-state index in [1.54, 1.807) is 22.9 Å². The Morgan fingerprint density at radius 1 is 1.22 bits per heavy atom. The third-order valence-corrected chi connectivity index (χ3v) is 3.76. The molecule has 0 saturated heterocycles. The zero-order valence-electron chi connectivity index (χ0n) is 13.9. The van der Waals surface area contributed by atoms with Gasteiger partial charge in [-0.15, -0.1) is 10.2 Å². The van der Waals surface area contributed by atoms with E-state index in [1.807, 2.05) is 13.2 Å². The molecule has 0 bridgehead atoms. The van der Waals surface area contributed by atoms with Crippen LogP contribution in [0.15, 0.2) is 41.1 Å². The van der Waals surface area contributed by atoms with Crippen LogP contribution in [-0.4, -0.2) is 25.0 Å². The number of halogens is 3.